The molecule has 0 aliphatic rings. The summed E-state index contributed by atoms with van der Waals surface area (Å²) in [6.07, 6.45) is 4.27. The van der Waals surface area contributed by atoms with Crippen LogP contribution in [0.1, 0.15) is 45.1 Å². The molecule has 0 spiro atoms. The van der Waals surface area contributed by atoms with Crippen LogP contribution in [-0.4, -0.2) is 24.0 Å². The molecule has 6 nitrogen and oxygen atoms in total. The highest BCUT2D eigenvalue weighted by Crippen LogP contribution is 2.22. The molecule has 0 atom stereocenters. The van der Waals surface area contributed by atoms with Gasteiger partial charge in [-0.1, -0.05) is 20.8 Å². The molecule has 0 radical (unpaired) electrons. The lowest BCUT2D eigenvalue weighted by atomic mass is 9.94. The van der Waals surface area contributed by atoms with Gasteiger partial charge in [-0.05, 0) is 19.1 Å². The first kappa shape index (κ1) is 20.5. The molecule has 0 aromatic carbocycles. The zero-order valence-electron chi connectivity index (χ0n) is 14.8. The number of nitrogens with zero attached hydrogens (tertiary/aromatic N) is 2. The fourth-order valence-corrected chi connectivity index (χ4v) is 1.98. The summed E-state index contributed by atoms with van der Waals surface area (Å²) >= 11 is 0. The molecule has 2 heterocycles. The molecule has 0 bridgehead atoms. The van der Waals surface area contributed by atoms with Gasteiger partial charge in [-0.2, -0.15) is 0 Å². The number of aliphatic imine (C=N–C) groups is 1. The van der Waals surface area contributed by atoms with E-state index in [4.69, 9.17) is 8.83 Å². The van der Waals surface area contributed by atoms with Crippen molar-refractivity contribution in [3.63, 3.8) is 0 Å². The fraction of sp³-hybridized carbons (Fsp3) is 0.529. The van der Waals surface area contributed by atoms with Crippen LogP contribution in [0.25, 0.3) is 0 Å². The SMILES string of the molecule is CCNC(=NCc1ncc(C(C)(C)C)o1)NCCc1ccco1.I. The second-order valence-corrected chi connectivity index (χ2v) is 6.32. The molecule has 7 heteroatoms. The van der Waals surface area contributed by atoms with Crippen molar-refractivity contribution in [2.24, 2.45) is 4.99 Å². The number of hydrogen-bond donors (Lipinski definition) is 2. The monoisotopic (exact) mass is 446 g/mol. The predicted molar refractivity (Wildman–Crippen MR) is 106 cm³/mol. The Labute approximate surface area is 160 Å². The smallest absolute Gasteiger partial charge is 0.216 e. The Kier molecular flexibility index (Phi) is 8.30. The maximum Gasteiger partial charge on any atom is 0.216 e. The summed E-state index contributed by atoms with van der Waals surface area (Å²) in [6, 6.07) is 3.86. The van der Waals surface area contributed by atoms with E-state index in [0.717, 1.165) is 37.0 Å². The van der Waals surface area contributed by atoms with E-state index in [1.54, 1.807) is 12.5 Å². The minimum atomic E-state index is -0.0409. The van der Waals surface area contributed by atoms with Crippen LogP contribution in [0, 0.1) is 0 Å². The molecule has 0 aliphatic heterocycles. The van der Waals surface area contributed by atoms with Crippen LogP contribution in [0.15, 0.2) is 38.4 Å². The quantitative estimate of drug-likeness (QED) is 0.404. The van der Waals surface area contributed by atoms with Gasteiger partial charge >= 0.3 is 0 Å². The van der Waals surface area contributed by atoms with E-state index in [-0.39, 0.29) is 29.4 Å². The molecule has 0 unspecified atom stereocenters. The number of furan rings is 1. The molecule has 2 rings (SSSR count). The van der Waals surface area contributed by atoms with E-state index < -0.39 is 0 Å². The summed E-state index contributed by atoms with van der Waals surface area (Å²) in [5.74, 6) is 3.20. The van der Waals surface area contributed by atoms with Gasteiger partial charge in [0.25, 0.3) is 0 Å². The number of hydrogen-bond acceptors (Lipinski definition) is 4. The van der Waals surface area contributed by atoms with Crippen LogP contribution in [0.2, 0.25) is 0 Å². The topological polar surface area (TPSA) is 75.6 Å². The van der Waals surface area contributed by atoms with Crippen LogP contribution in [0.5, 0.6) is 0 Å². The number of aromatic nitrogens is 1. The summed E-state index contributed by atoms with van der Waals surface area (Å²) in [7, 11) is 0. The summed E-state index contributed by atoms with van der Waals surface area (Å²) in [5.41, 5.74) is -0.0409. The molecule has 2 aromatic heterocycles. The minimum Gasteiger partial charge on any atom is -0.469 e. The third-order valence-corrected chi connectivity index (χ3v) is 3.25. The van der Waals surface area contributed by atoms with Gasteiger partial charge in [0, 0.05) is 24.9 Å². The Hall–Kier alpha value is -1.51. The molecular formula is C17H27IN4O2. The number of oxazole rings is 1. The van der Waals surface area contributed by atoms with Gasteiger partial charge in [0.1, 0.15) is 18.1 Å². The minimum absolute atomic E-state index is 0. The standard InChI is InChI=1S/C17H26N4O2.HI/c1-5-18-16(19-9-8-13-7-6-10-22-13)21-12-15-20-11-14(23-15)17(2,3)4;/h6-7,10-11H,5,8-9,12H2,1-4H3,(H2,18,19,21);1H. The van der Waals surface area contributed by atoms with E-state index in [2.05, 4.69) is 41.4 Å². The molecule has 0 saturated carbocycles. The lowest BCUT2D eigenvalue weighted by Gasteiger charge is -2.13. The normalized spacial score (nSPS) is 11.9. The highest BCUT2D eigenvalue weighted by Gasteiger charge is 2.18. The van der Waals surface area contributed by atoms with Crippen molar-refractivity contribution in [3.8, 4) is 0 Å². The van der Waals surface area contributed by atoms with Crippen molar-refractivity contribution in [3.05, 3.63) is 42.0 Å². The van der Waals surface area contributed by atoms with E-state index in [1.165, 1.54) is 0 Å². The third-order valence-electron chi connectivity index (χ3n) is 3.25. The zero-order chi connectivity index (χ0) is 16.7. The van der Waals surface area contributed by atoms with Gasteiger partial charge in [0.05, 0.1) is 12.5 Å². The second kappa shape index (κ2) is 9.71. The van der Waals surface area contributed by atoms with E-state index in [0.29, 0.717) is 12.4 Å². The fourth-order valence-electron chi connectivity index (χ4n) is 1.98. The first-order valence-corrected chi connectivity index (χ1v) is 7.99. The molecule has 134 valence electrons. The molecule has 2 aromatic rings. The maximum absolute atomic E-state index is 5.75. The van der Waals surface area contributed by atoms with Gasteiger partial charge in [0.2, 0.25) is 5.89 Å². The molecule has 0 fully saturated rings. The first-order valence-electron chi connectivity index (χ1n) is 7.99. The van der Waals surface area contributed by atoms with Gasteiger partial charge in [-0.25, -0.2) is 9.98 Å². The third kappa shape index (κ3) is 6.54. The number of nitrogens with one attached hydrogen (secondary N) is 2. The number of halogens is 1. The molecular weight excluding hydrogens is 419 g/mol. The largest absolute Gasteiger partial charge is 0.469 e. The summed E-state index contributed by atoms with van der Waals surface area (Å²) in [5, 5.41) is 6.48. The molecule has 0 aliphatic carbocycles. The Morgan fingerprint density at radius 3 is 2.67 bits per heavy atom. The van der Waals surface area contributed by atoms with Gasteiger partial charge in [-0.15, -0.1) is 24.0 Å². The first-order chi connectivity index (χ1) is 11.0. The maximum atomic E-state index is 5.75. The Bertz CT molecular complexity index is 615. The summed E-state index contributed by atoms with van der Waals surface area (Å²) in [6.45, 7) is 10.3. The molecule has 0 saturated heterocycles. The number of guanidine groups is 1. The lowest BCUT2D eigenvalue weighted by Crippen LogP contribution is -2.38. The number of rotatable bonds is 6. The van der Waals surface area contributed by atoms with E-state index in [9.17, 15) is 0 Å². The van der Waals surface area contributed by atoms with Crippen molar-refractivity contribution in [1.82, 2.24) is 15.6 Å². The van der Waals surface area contributed by atoms with Gasteiger partial charge in [-0.3, -0.25) is 0 Å². The molecule has 0 amide bonds. The van der Waals surface area contributed by atoms with Crippen molar-refractivity contribution in [2.75, 3.05) is 13.1 Å². The van der Waals surface area contributed by atoms with Crippen LogP contribution < -0.4 is 10.6 Å². The van der Waals surface area contributed by atoms with Crippen LogP contribution in [0.3, 0.4) is 0 Å². The molecule has 2 N–H and O–H groups in total. The highest BCUT2D eigenvalue weighted by atomic mass is 127. The van der Waals surface area contributed by atoms with Crippen LogP contribution >= 0.6 is 24.0 Å². The Morgan fingerprint density at radius 2 is 2.08 bits per heavy atom. The van der Waals surface area contributed by atoms with Gasteiger partial charge in [0.15, 0.2) is 5.96 Å². The van der Waals surface area contributed by atoms with Crippen molar-refractivity contribution >= 4 is 29.9 Å². The van der Waals surface area contributed by atoms with E-state index >= 15 is 0 Å². The summed E-state index contributed by atoms with van der Waals surface area (Å²) < 4.78 is 11.1. The van der Waals surface area contributed by atoms with Gasteiger partial charge < -0.3 is 19.5 Å². The Morgan fingerprint density at radius 1 is 1.29 bits per heavy atom. The van der Waals surface area contributed by atoms with Crippen molar-refractivity contribution in [2.45, 2.75) is 46.1 Å². The average Bonchev–Trinajstić information content (AvgIpc) is 3.15. The lowest BCUT2D eigenvalue weighted by molar-refractivity contribution is 0.383. The second-order valence-electron chi connectivity index (χ2n) is 6.32. The average molecular weight is 446 g/mol. The zero-order valence-corrected chi connectivity index (χ0v) is 17.1. The predicted octanol–water partition coefficient (Wildman–Crippen LogP) is 3.48. The molecule has 24 heavy (non-hydrogen) atoms. The van der Waals surface area contributed by atoms with Crippen LogP contribution in [0.4, 0.5) is 0 Å². The van der Waals surface area contributed by atoms with Crippen molar-refractivity contribution in [1.29, 1.82) is 0 Å². The van der Waals surface area contributed by atoms with Crippen molar-refractivity contribution < 1.29 is 8.83 Å². The van der Waals surface area contributed by atoms with E-state index in [1.807, 2.05) is 19.1 Å². The summed E-state index contributed by atoms with van der Waals surface area (Å²) in [4.78, 5) is 8.80. The highest BCUT2D eigenvalue weighted by molar-refractivity contribution is 14.0. The van der Waals surface area contributed by atoms with Crippen LogP contribution in [-0.2, 0) is 18.4 Å². The Balaban J connectivity index is 0.00000288.